The van der Waals surface area contributed by atoms with Crippen molar-refractivity contribution in [3.63, 3.8) is 0 Å². The van der Waals surface area contributed by atoms with E-state index in [0.717, 1.165) is 5.92 Å². The lowest BCUT2D eigenvalue weighted by atomic mass is 9.90. The average Bonchev–Trinajstić information content (AvgIpc) is 2.55. The van der Waals surface area contributed by atoms with Gasteiger partial charge >= 0.3 is 0 Å². The first-order chi connectivity index (χ1) is 8.22. The van der Waals surface area contributed by atoms with Gasteiger partial charge in [-0.05, 0) is 64.6 Å². The van der Waals surface area contributed by atoms with Crippen molar-refractivity contribution < 1.29 is 0 Å². The van der Waals surface area contributed by atoms with Crippen LogP contribution in [0.15, 0.2) is 0 Å². The van der Waals surface area contributed by atoms with Crippen molar-refractivity contribution in [2.24, 2.45) is 5.92 Å². The molecule has 2 nitrogen and oxygen atoms in total. The lowest BCUT2D eigenvalue weighted by Gasteiger charge is -2.39. The number of rotatable bonds is 3. The van der Waals surface area contributed by atoms with E-state index in [4.69, 9.17) is 0 Å². The summed E-state index contributed by atoms with van der Waals surface area (Å²) in [6.07, 6.45) is 9.81. The highest BCUT2D eigenvalue weighted by atomic mass is 15.2. The van der Waals surface area contributed by atoms with Crippen molar-refractivity contribution in [1.82, 2.24) is 10.2 Å². The summed E-state index contributed by atoms with van der Waals surface area (Å²) in [5, 5.41) is 3.75. The zero-order valence-corrected chi connectivity index (χ0v) is 11.8. The molecule has 2 atom stereocenters. The molecule has 0 aromatic carbocycles. The van der Waals surface area contributed by atoms with Crippen molar-refractivity contribution in [3.05, 3.63) is 0 Å². The monoisotopic (exact) mass is 238 g/mol. The van der Waals surface area contributed by atoms with Crippen LogP contribution < -0.4 is 5.32 Å². The number of hydrogen-bond donors (Lipinski definition) is 1. The molecule has 0 radical (unpaired) electrons. The van der Waals surface area contributed by atoms with Crippen LogP contribution in [0.2, 0.25) is 0 Å². The molecule has 2 heterocycles. The second-order valence-electron chi connectivity index (χ2n) is 6.43. The topological polar surface area (TPSA) is 15.3 Å². The van der Waals surface area contributed by atoms with Gasteiger partial charge in [-0.2, -0.15) is 0 Å². The number of likely N-dealkylation sites (tertiary alicyclic amines) is 1. The fraction of sp³-hybridized carbons (Fsp3) is 1.00. The van der Waals surface area contributed by atoms with Crippen molar-refractivity contribution in [2.45, 2.75) is 64.3 Å². The minimum Gasteiger partial charge on any atom is -0.310 e. The molecule has 2 aliphatic heterocycles. The van der Waals surface area contributed by atoms with Gasteiger partial charge in [-0.25, -0.2) is 0 Å². The molecule has 1 N–H and O–H groups in total. The van der Waals surface area contributed by atoms with Gasteiger partial charge in [-0.15, -0.1) is 0 Å². The second-order valence-corrected chi connectivity index (χ2v) is 6.43. The molecule has 2 unspecified atom stereocenters. The highest BCUT2D eigenvalue weighted by Gasteiger charge is 2.29. The first kappa shape index (κ1) is 13.4. The standard InChI is InChI=1S/C15H30N2/c1-3-14-7-6-11-17(12-8-14)13-15(2)9-4-5-10-16-15/h14,16H,3-13H2,1-2H3. The Bertz CT molecular complexity index is 221. The highest BCUT2D eigenvalue weighted by Crippen LogP contribution is 2.24. The molecule has 100 valence electrons. The van der Waals surface area contributed by atoms with Crippen LogP contribution in [0.4, 0.5) is 0 Å². The predicted octanol–water partition coefficient (Wildman–Crippen LogP) is 3.03. The number of nitrogens with one attached hydrogen (secondary N) is 1. The molecule has 0 bridgehead atoms. The minimum absolute atomic E-state index is 0.393. The molecule has 0 aromatic rings. The Hall–Kier alpha value is -0.0800. The molecule has 0 amide bonds. The molecule has 0 aliphatic carbocycles. The van der Waals surface area contributed by atoms with Gasteiger partial charge in [0, 0.05) is 12.1 Å². The van der Waals surface area contributed by atoms with Gasteiger partial charge in [0.1, 0.15) is 0 Å². The van der Waals surface area contributed by atoms with Crippen LogP contribution >= 0.6 is 0 Å². The molecule has 2 fully saturated rings. The van der Waals surface area contributed by atoms with E-state index in [1.54, 1.807) is 0 Å². The van der Waals surface area contributed by atoms with E-state index in [9.17, 15) is 0 Å². The van der Waals surface area contributed by atoms with Crippen molar-refractivity contribution in [1.29, 1.82) is 0 Å². The van der Waals surface area contributed by atoms with Crippen molar-refractivity contribution in [2.75, 3.05) is 26.2 Å². The van der Waals surface area contributed by atoms with E-state index in [1.165, 1.54) is 71.1 Å². The second kappa shape index (κ2) is 6.19. The molecule has 2 heteroatoms. The molecule has 2 aliphatic rings. The normalized spacial score (nSPS) is 36.7. The lowest BCUT2D eigenvalue weighted by Crippen LogP contribution is -2.53. The number of piperidine rings is 1. The summed E-state index contributed by atoms with van der Waals surface area (Å²) < 4.78 is 0. The molecule has 17 heavy (non-hydrogen) atoms. The van der Waals surface area contributed by atoms with E-state index >= 15 is 0 Å². The Morgan fingerprint density at radius 2 is 2.06 bits per heavy atom. The van der Waals surface area contributed by atoms with Crippen molar-refractivity contribution in [3.8, 4) is 0 Å². The third kappa shape index (κ3) is 3.96. The fourth-order valence-corrected chi connectivity index (χ4v) is 3.54. The number of hydrogen-bond acceptors (Lipinski definition) is 2. The highest BCUT2D eigenvalue weighted by molar-refractivity contribution is 4.90. The SMILES string of the molecule is CCC1CCCN(CC2(C)CCCCN2)CC1. The van der Waals surface area contributed by atoms with E-state index in [2.05, 4.69) is 24.1 Å². The van der Waals surface area contributed by atoms with Crippen molar-refractivity contribution >= 4 is 0 Å². The maximum Gasteiger partial charge on any atom is 0.0280 e. The van der Waals surface area contributed by atoms with Crippen LogP contribution in [0.3, 0.4) is 0 Å². The molecule has 2 saturated heterocycles. The molecular formula is C15H30N2. The van der Waals surface area contributed by atoms with E-state index in [-0.39, 0.29) is 0 Å². The Morgan fingerprint density at radius 3 is 2.76 bits per heavy atom. The van der Waals surface area contributed by atoms with Crippen LogP contribution in [-0.2, 0) is 0 Å². The summed E-state index contributed by atoms with van der Waals surface area (Å²) in [7, 11) is 0. The summed E-state index contributed by atoms with van der Waals surface area (Å²) in [4.78, 5) is 2.72. The quantitative estimate of drug-likeness (QED) is 0.813. The summed E-state index contributed by atoms with van der Waals surface area (Å²) in [5.41, 5.74) is 0.393. The zero-order valence-electron chi connectivity index (χ0n) is 11.8. The van der Waals surface area contributed by atoms with Crippen LogP contribution in [0.1, 0.15) is 58.8 Å². The molecule has 0 aromatic heterocycles. The van der Waals surface area contributed by atoms with E-state index in [0.29, 0.717) is 5.54 Å². The first-order valence-electron chi connectivity index (χ1n) is 7.69. The molecular weight excluding hydrogens is 208 g/mol. The van der Waals surface area contributed by atoms with Gasteiger partial charge in [0.05, 0.1) is 0 Å². The summed E-state index contributed by atoms with van der Waals surface area (Å²) in [6.45, 7) is 9.92. The Kier molecular flexibility index (Phi) is 4.87. The molecule has 0 saturated carbocycles. The average molecular weight is 238 g/mol. The zero-order chi connectivity index (χ0) is 12.1. The van der Waals surface area contributed by atoms with Gasteiger partial charge in [0.15, 0.2) is 0 Å². The van der Waals surface area contributed by atoms with Gasteiger partial charge in [-0.1, -0.05) is 19.8 Å². The molecule has 2 rings (SSSR count). The Labute approximate surface area is 107 Å². The van der Waals surface area contributed by atoms with Crippen LogP contribution in [0.25, 0.3) is 0 Å². The minimum atomic E-state index is 0.393. The largest absolute Gasteiger partial charge is 0.310 e. The van der Waals surface area contributed by atoms with Gasteiger partial charge < -0.3 is 10.2 Å². The first-order valence-corrected chi connectivity index (χ1v) is 7.69. The summed E-state index contributed by atoms with van der Waals surface area (Å²) >= 11 is 0. The van der Waals surface area contributed by atoms with E-state index in [1.807, 2.05) is 0 Å². The van der Waals surface area contributed by atoms with Crippen LogP contribution in [-0.4, -0.2) is 36.6 Å². The smallest absolute Gasteiger partial charge is 0.0280 e. The van der Waals surface area contributed by atoms with Gasteiger partial charge in [0.2, 0.25) is 0 Å². The Morgan fingerprint density at radius 1 is 1.18 bits per heavy atom. The third-order valence-corrected chi connectivity index (χ3v) is 4.80. The van der Waals surface area contributed by atoms with Gasteiger partial charge in [-0.3, -0.25) is 0 Å². The fourth-order valence-electron chi connectivity index (χ4n) is 3.54. The maximum absolute atomic E-state index is 3.75. The maximum atomic E-state index is 3.75. The predicted molar refractivity (Wildman–Crippen MR) is 74.3 cm³/mol. The van der Waals surface area contributed by atoms with Crippen LogP contribution in [0, 0.1) is 5.92 Å². The molecule has 0 spiro atoms. The Balaban J connectivity index is 1.81. The van der Waals surface area contributed by atoms with E-state index < -0.39 is 0 Å². The summed E-state index contributed by atoms with van der Waals surface area (Å²) in [5.74, 6) is 0.993. The number of nitrogens with zero attached hydrogens (tertiary/aromatic N) is 1. The van der Waals surface area contributed by atoms with Gasteiger partial charge in [0.25, 0.3) is 0 Å². The lowest BCUT2D eigenvalue weighted by molar-refractivity contribution is 0.166. The third-order valence-electron chi connectivity index (χ3n) is 4.80. The summed E-state index contributed by atoms with van der Waals surface area (Å²) in [6, 6.07) is 0. The van der Waals surface area contributed by atoms with Crippen LogP contribution in [0.5, 0.6) is 0 Å².